The molecular weight excluding hydrogens is 281 g/mol. The first-order valence-electron chi connectivity index (χ1n) is 8.22. The number of aliphatic hydroxyl groups excluding tert-OH is 1. The van der Waals surface area contributed by atoms with Crippen LogP contribution in [0, 0.1) is 17.7 Å². The highest BCUT2D eigenvalue weighted by Gasteiger charge is 2.25. The maximum atomic E-state index is 13.4. The first kappa shape index (κ1) is 17.2. The minimum atomic E-state index is -0.318. The van der Waals surface area contributed by atoms with Crippen LogP contribution in [0.5, 0.6) is 5.75 Å². The van der Waals surface area contributed by atoms with Crippen LogP contribution >= 0.6 is 0 Å². The molecule has 0 saturated carbocycles. The summed E-state index contributed by atoms with van der Waals surface area (Å²) >= 11 is 0. The topological polar surface area (TPSA) is 32.7 Å². The molecule has 1 N–H and O–H groups in total. The molecule has 1 aromatic carbocycles. The molecule has 2 rings (SSSR count). The summed E-state index contributed by atoms with van der Waals surface area (Å²) in [6.45, 7) is 7.09. The highest BCUT2D eigenvalue weighted by Crippen LogP contribution is 2.26. The molecule has 0 aromatic heterocycles. The largest absolute Gasteiger partial charge is 0.494 e. The maximum Gasteiger partial charge on any atom is 0.165 e. The zero-order chi connectivity index (χ0) is 16.1. The van der Waals surface area contributed by atoms with Gasteiger partial charge in [-0.05, 0) is 61.9 Å². The number of halogens is 1. The van der Waals surface area contributed by atoms with Crippen LogP contribution in [0.2, 0.25) is 0 Å². The van der Waals surface area contributed by atoms with Gasteiger partial charge in [0.25, 0.3) is 0 Å². The number of piperidine rings is 1. The van der Waals surface area contributed by atoms with E-state index in [0.29, 0.717) is 17.6 Å². The van der Waals surface area contributed by atoms with Gasteiger partial charge in [-0.25, -0.2) is 4.39 Å². The number of aliphatic hydroxyl groups is 1. The minimum absolute atomic E-state index is 0.173. The van der Waals surface area contributed by atoms with Crippen LogP contribution in [0.3, 0.4) is 0 Å². The van der Waals surface area contributed by atoms with Crippen LogP contribution in [-0.4, -0.2) is 36.3 Å². The standard InChI is InChI=1S/C18H28FNO2/c1-13(2)10-17(21)15-6-8-20(9-7-15)12-14-4-5-16(19)18(11-14)22-3/h4-5,11,13,15,17,21H,6-10,12H2,1-3H3/t17-/m0/s1. The predicted octanol–water partition coefficient (Wildman–Crippen LogP) is 3.45. The summed E-state index contributed by atoms with van der Waals surface area (Å²) in [5.74, 6) is 0.947. The average molecular weight is 309 g/mol. The number of nitrogens with zero attached hydrogens (tertiary/aromatic N) is 1. The molecule has 3 nitrogen and oxygen atoms in total. The van der Waals surface area contributed by atoms with Gasteiger partial charge in [0, 0.05) is 6.54 Å². The molecule has 0 spiro atoms. The van der Waals surface area contributed by atoms with Crippen molar-refractivity contribution in [3.05, 3.63) is 29.6 Å². The van der Waals surface area contributed by atoms with Crippen molar-refractivity contribution in [2.75, 3.05) is 20.2 Å². The lowest BCUT2D eigenvalue weighted by molar-refractivity contribution is 0.0436. The van der Waals surface area contributed by atoms with E-state index in [1.807, 2.05) is 6.07 Å². The molecule has 1 heterocycles. The normalized spacial score (nSPS) is 18.6. The van der Waals surface area contributed by atoms with Gasteiger partial charge in [0.2, 0.25) is 0 Å². The van der Waals surface area contributed by atoms with Crippen LogP contribution in [0.1, 0.15) is 38.7 Å². The van der Waals surface area contributed by atoms with Crippen molar-refractivity contribution in [2.45, 2.75) is 45.8 Å². The molecule has 4 heteroatoms. The summed E-state index contributed by atoms with van der Waals surface area (Å²) in [7, 11) is 1.49. The van der Waals surface area contributed by atoms with Crippen molar-refractivity contribution < 1.29 is 14.2 Å². The van der Waals surface area contributed by atoms with Gasteiger partial charge in [-0.15, -0.1) is 0 Å². The minimum Gasteiger partial charge on any atom is -0.494 e. The molecule has 0 unspecified atom stereocenters. The molecule has 22 heavy (non-hydrogen) atoms. The smallest absolute Gasteiger partial charge is 0.165 e. The predicted molar refractivity (Wildman–Crippen MR) is 86.4 cm³/mol. The molecule has 1 aromatic rings. The number of methoxy groups -OCH3 is 1. The van der Waals surface area contributed by atoms with Crippen molar-refractivity contribution in [1.82, 2.24) is 4.90 Å². The highest BCUT2D eigenvalue weighted by atomic mass is 19.1. The molecule has 1 atom stereocenters. The van der Waals surface area contributed by atoms with Gasteiger partial charge >= 0.3 is 0 Å². The highest BCUT2D eigenvalue weighted by molar-refractivity contribution is 5.30. The number of hydrogen-bond donors (Lipinski definition) is 1. The Morgan fingerprint density at radius 1 is 1.32 bits per heavy atom. The third-order valence-electron chi connectivity index (χ3n) is 4.51. The Kier molecular flexibility index (Phi) is 6.21. The zero-order valence-electron chi connectivity index (χ0n) is 13.9. The fraction of sp³-hybridized carbons (Fsp3) is 0.667. The molecule has 1 saturated heterocycles. The van der Waals surface area contributed by atoms with Gasteiger partial charge in [0.1, 0.15) is 0 Å². The van der Waals surface area contributed by atoms with Gasteiger partial charge in [0.15, 0.2) is 11.6 Å². The Labute approximate surface area is 133 Å². The number of hydrogen-bond acceptors (Lipinski definition) is 3. The Bertz CT molecular complexity index is 470. The summed E-state index contributed by atoms with van der Waals surface area (Å²) in [5, 5.41) is 10.2. The second-order valence-corrected chi connectivity index (χ2v) is 6.78. The van der Waals surface area contributed by atoms with Crippen molar-refractivity contribution in [2.24, 2.45) is 11.8 Å². The third kappa shape index (κ3) is 4.68. The molecular formula is C18H28FNO2. The second-order valence-electron chi connectivity index (χ2n) is 6.78. The molecule has 0 radical (unpaired) electrons. The summed E-state index contributed by atoms with van der Waals surface area (Å²) in [4.78, 5) is 2.37. The Morgan fingerprint density at radius 3 is 2.59 bits per heavy atom. The van der Waals surface area contributed by atoms with Gasteiger partial charge < -0.3 is 9.84 Å². The quantitative estimate of drug-likeness (QED) is 0.873. The molecule has 124 valence electrons. The van der Waals surface area contributed by atoms with Crippen LogP contribution in [-0.2, 0) is 6.54 Å². The van der Waals surface area contributed by atoms with E-state index in [1.165, 1.54) is 13.2 Å². The fourth-order valence-corrected chi connectivity index (χ4v) is 3.23. The molecule has 0 aliphatic carbocycles. The summed E-state index contributed by atoms with van der Waals surface area (Å²) in [6, 6.07) is 5.06. The van der Waals surface area contributed by atoms with Crippen molar-refractivity contribution in [3.63, 3.8) is 0 Å². The molecule has 1 fully saturated rings. The Hall–Kier alpha value is -1.13. The van der Waals surface area contributed by atoms with E-state index in [-0.39, 0.29) is 11.9 Å². The lowest BCUT2D eigenvalue weighted by atomic mass is 9.87. The van der Waals surface area contributed by atoms with Crippen LogP contribution in [0.4, 0.5) is 4.39 Å². The monoisotopic (exact) mass is 309 g/mol. The number of rotatable bonds is 6. The van der Waals surface area contributed by atoms with Gasteiger partial charge in [-0.1, -0.05) is 19.9 Å². The second kappa shape index (κ2) is 7.93. The number of ether oxygens (including phenoxy) is 1. The zero-order valence-corrected chi connectivity index (χ0v) is 13.9. The Balaban J connectivity index is 1.85. The van der Waals surface area contributed by atoms with E-state index in [4.69, 9.17) is 4.74 Å². The molecule has 1 aliphatic heterocycles. The SMILES string of the molecule is COc1cc(CN2CCC([C@@H](O)CC(C)C)CC2)ccc1F. The van der Waals surface area contributed by atoms with E-state index in [1.54, 1.807) is 6.07 Å². The maximum absolute atomic E-state index is 13.4. The van der Waals surface area contributed by atoms with Crippen LogP contribution in [0.15, 0.2) is 18.2 Å². The number of likely N-dealkylation sites (tertiary alicyclic amines) is 1. The van der Waals surface area contributed by atoms with Gasteiger partial charge in [-0.3, -0.25) is 4.90 Å². The third-order valence-corrected chi connectivity index (χ3v) is 4.51. The average Bonchev–Trinajstić information content (AvgIpc) is 2.49. The molecule has 0 amide bonds. The van der Waals surface area contributed by atoms with E-state index >= 15 is 0 Å². The summed E-state index contributed by atoms with van der Waals surface area (Å²) in [5.41, 5.74) is 1.07. The first-order valence-corrected chi connectivity index (χ1v) is 8.22. The lowest BCUT2D eigenvalue weighted by Crippen LogP contribution is -2.37. The van der Waals surface area contributed by atoms with Crippen LogP contribution in [0.25, 0.3) is 0 Å². The summed E-state index contributed by atoms with van der Waals surface area (Å²) in [6.07, 6.45) is 2.78. The van der Waals surface area contributed by atoms with Gasteiger partial charge in [-0.2, -0.15) is 0 Å². The fourth-order valence-electron chi connectivity index (χ4n) is 3.23. The van der Waals surface area contributed by atoms with Crippen molar-refractivity contribution in [1.29, 1.82) is 0 Å². The van der Waals surface area contributed by atoms with E-state index in [9.17, 15) is 9.50 Å². The molecule has 1 aliphatic rings. The van der Waals surface area contributed by atoms with Gasteiger partial charge in [0.05, 0.1) is 13.2 Å². The van der Waals surface area contributed by atoms with Crippen molar-refractivity contribution >= 4 is 0 Å². The first-order chi connectivity index (χ1) is 10.5. The number of benzene rings is 1. The summed E-state index contributed by atoms with van der Waals surface area (Å²) < 4.78 is 18.5. The van der Waals surface area contributed by atoms with Crippen LogP contribution < -0.4 is 4.74 Å². The van der Waals surface area contributed by atoms with E-state index < -0.39 is 0 Å². The molecule has 0 bridgehead atoms. The van der Waals surface area contributed by atoms with Crippen molar-refractivity contribution in [3.8, 4) is 5.75 Å². The van der Waals surface area contributed by atoms with E-state index in [2.05, 4.69) is 18.7 Å². The Morgan fingerprint density at radius 2 is 2.00 bits per heavy atom. The van der Waals surface area contributed by atoms with E-state index in [0.717, 1.165) is 44.5 Å². The lowest BCUT2D eigenvalue weighted by Gasteiger charge is -2.34.